The third-order valence-corrected chi connectivity index (χ3v) is 6.17. The first-order chi connectivity index (χ1) is 14.2. The zero-order valence-electron chi connectivity index (χ0n) is 15.4. The molecule has 2 saturated heterocycles. The Kier molecular flexibility index (Phi) is 3.70. The molecule has 3 aromatic rings. The Labute approximate surface area is 164 Å². The molecule has 5 heterocycles. The summed E-state index contributed by atoms with van der Waals surface area (Å²) in [6.45, 7) is 3.34. The van der Waals surface area contributed by atoms with Crippen LogP contribution in [0.1, 0.15) is 6.04 Å². The van der Waals surface area contributed by atoms with E-state index in [-0.39, 0.29) is 11.9 Å². The fourth-order valence-electron chi connectivity index (χ4n) is 4.36. The lowest BCUT2D eigenvalue weighted by molar-refractivity contribution is -0.0269. The molecular formula is C19H18F2N6O2. The highest BCUT2D eigenvalue weighted by atomic mass is 19.2. The van der Waals surface area contributed by atoms with Crippen LogP contribution >= 0.6 is 0 Å². The van der Waals surface area contributed by atoms with Crippen LogP contribution in [-0.4, -0.2) is 57.6 Å². The molecule has 6 rings (SSSR count). The Morgan fingerprint density at radius 2 is 1.97 bits per heavy atom. The zero-order valence-corrected chi connectivity index (χ0v) is 15.4. The van der Waals surface area contributed by atoms with Gasteiger partial charge in [0.05, 0.1) is 32.2 Å². The molecule has 3 fully saturated rings. The number of piperidine rings is 1. The number of fused-ring (bicyclic) bond motifs is 2. The Bertz CT molecular complexity index is 1080. The van der Waals surface area contributed by atoms with E-state index in [0.717, 1.165) is 36.1 Å². The van der Waals surface area contributed by atoms with Gasteiger partial charge in [0.25, 0.3) is 5.88 Å². The number of halogens is 2. The fourth-order valence-corrected chi connectivity index (χ4v) is 4.36. The Morgan fingerprint density at radius 3 is 2.72 bits per heavy atom. The molecule has 0 spiro atoms. The molecule has 8 nitrogen and oxygen atoms in total. The standard InChI is InChI=1S/C19H18F2N6O2/c20-14-1-2-22-19(17(14)21)29-9-13-11-5-26(6-12(11)13)16-4-23-15-3-24-27(18(15)25-16)10-7-28-8-10/h1-4,10-13H,5-9H2/t11-,12+,13?. The van der Waals surface area contributed by atoms with E-state index in [1.165, 1.54) is 6.20 Å². The van der Waals surface area contributed by atoms with Crippen LogP contribution in [0.15, 0.2) is 24.7 Å². The van der Waals surface area contributed by atoms with E-state index in [1.807, 2.05) is 4.68 Å². The average Bonchev–Trinajstić information content (AvgIpc) is 3.03. The number of ether oxygens (including phenoxy) is 2. The first-order valence-electron chi connectivity index (χ1n) is 9.65. The smallest absolute Gasteiger partial charge is 0.253 e. The normalized spacial score (nSPS) is 25.9. The summed E-state index contributed by atoms with van der Waals surface area (Å²) < 4.78 is 39.5. The molecular weight excluding hydrogens is 382 g/mol. The molecule has 1 unspecified atom stereocenters. The maximum absolute atomic E-state index is 13.7. The van der Waals surface area contributed by atoms with Crippen LogP contribution < -0.4 is 9.64 Å². The summed E-state index contributed by atoms with van der Waals surface area (Å²) in [7, 11) is 0. The Hall–Kier alpha value is -2.88. The zero-order chi connectivity index (χ0) is 19.5. The van der Waals surface area contributed by atoms with Crippen molar-refractivity contribution in [2.24, 2.45) is 17.8 Å². The van der Waals surface area contributed by atoms with Gasteiger partial charge in [-0.2, -0.15) is 9.49 Å². The minimum absolute atomic E-state index is 0.224. The summed E-state index contributed by atoms with van der Waals surface area (Å²) in [5.41, 5.74) is 1.56. The van der Waals surface area contributed by atoms with E-state index < -0.39 is 11.6 Å². The lowest BCUT2D eigenvalue weighted by Gasteiger charge is -2.26. The highest BCUT2D eigenvalue weighted by molar-refractivity contribution is 5.71. The maximum atomic E-state index is 13.7. The summed E-state index contributed by atoms with van der Waals surface area (Å²) in [5, 5.41) is 4.40. The summed E-state index contributed by atoms with van der Waals surface area (Å²) in [5.74, 6) is -0.176. The first kappa shape index (κ1) is 17.0. The largest absolute Gasteiger partial charge is 0.475 e. The van der Waals surface area contributed by atoms with Gasteiger partial charge in [0.2, 0.25) is 5.82 Å². The van der Waals surface area contributed by atoms with Gasteiger partial charge in [-0.25, -0.2) is 24.0 Å². The number of anilines is 1. The molecule has 0 bridgehead atoms. The van der Waals surface area contributed by atoms with Crippen LogP contribution in [0.4, 0.5) is 14.6 Å². The minimum Gasteiger partial charge on any atom is -0.475 e. The molecule has 150 valence electrons. The minimum atomic E-state index is -1.03. The van der Waals surface area contributed by atoms with Crippen molar-refractivity contribution in [3.05, 3.63) is 36.3 Å². The number of hydrogen-bond acceptors (Lipinski definition) is 7. The molecule has 0 amide bonds. The second-order valence-corrected chi connectivity index (χ2v) is 7.84. The number of aromatic nitrogens is 5. The van der Waals surface area contributed by atoms with Gasteiger partial charge in [-0.1, -0.05) is 0 Å². The number of pyridine rings is 1. The maximum Gasteiger partial charge on any atom is 0.253 e. The van der Waals surface area contributed by atoms with Crippen LogP contribution in [0.25, 0.3) is 11.2 Å². The van der Waals surface area contributed by atoms with Crippen molar-refractivity contribution < 1.29 is 18.3 Å². The first-order valence-corrected chi connectivity index (χ1v) is 9.65. The topological polar surface area (TPSA) is 78.2 Å². The van der Waals surface area contributed by atoms with Crippen molar-refractivity contribution in [3.8, 4) is 5.88 Å². The molecule has 0 aromatic carbocycles. The van der Waals surface area contributed by atoms with Crippen LogP contribution in [-0.2, 0) is 4.74 Å². The van der Waals surface area contributed by atoms with Gasteiger partial charge in [-0.3, -0.25) is 0 Å². The lowest BCUT2D eigenvalue weighted by atomic mass is 10.2. The number of hydrogen-bond donors (Lipinski definition) is 0. The van der Waals surface area contributed by atoms with E-state index in [4.69, 9.17) is 14.5 Å². The molecule has 0 N–H and O–H groups in total. The fraction of sp³-hybridized carbons (Fsp3) is 0.474. The number of rotatable bonds is 5. The molecule has 1 saturated carbocycles. The lowest BCUT2D eigenvalue weighted by Crippen LogP contribution is -2.31. The summed E-state index contributed by atoms with van der Waals surface area (Å²) in [4.78, 5) is 15.3. The third-order valence-electron chi connectivity index (χ3n) is 6.17. The summed E-state index contributed by atoms with van der Waals surface area (Å²) in [6, 6.07) is 1.20. The average molecular weight is 400 g/mol. The monoisotopic (exact) mass is 400 g/mol. The van der Waals surface area contributed by atoms with Gasteiger partial charge in [-0.05, 0) is 17.9 Å². The molecule has 0 radical (unpaired) electrons. The van der Waals surface area contributed by atoms with Crippen molar-refractivity contribution in [2.45, 2.75) is 6.04 Å². The quantitative estimate of drug-likeness (QED) is 0.647. The van der Waals surface area contributed by atoms with E-state index >= 15 is 0 Å². The molecule has 3 atom stereocenters. The van der Waals surface area contributed by atoms with E-state index in [0.29, 0.717) is 37.6 Å². The van der Waals surface area contributed by atoms with Crippen molar-refractivity contribution in [3.63, 3.8) is 0 Å². The van der Waals surface area contributed by atoms with Gasteiger partial charge in [0.15, 0.2) is 11.5 Å². The van der Waals surface area contributed by atoms with Gasteiger partial charge >= 0.3 is 0 Å². The van der Waals surface area contributed by atoms with E-state index in [2.05, 4.69) is 20.0 Å². The van der Waals surface area contributed by atoms with Crippen molar-refractivity contribution in [1.82, 2.24) is 24.7 Å². The van der Waals surface area contributed by atoms with Crippen LogP contribution in [0, 0.1) is 29.4 Å². The van der Waals surface area contributed by atoms with Crippen LogP contribution in [0.3, 0.4) is 0 Å². The molecule has 2 aliphatic heterocycles. The summed E-state index contributed by atoms with van der Waals surface area (Å²) in [6.07, 6.45) is 4.73. The van der Waals surface area contributed by atoms with Gasteiger partial charge in [0.1, 0.15) is 17.4 Å². The third kappa shape index (κ3) is 2.73. The predicted molar refractivity (Wildman–Crippen MR) is 97.5 cm³/mol. The Balaban J connectivity index is 1.12. The molecule has 3 aliphatic rings. The van der Waals surface area contributed by atoms with Gasteiger partial charge < -0.3 is 14.4 Å². The van der Waals surface area contributed by atoms with Crippen molar-refractivity contribution in [2.75, 3.05) is 37.8 Å². The second kappa shape index (κ2) is 6.31. The van der Waals surface area contributed by atoms with E-state index in [1.54, 1.807) is 12.4 Å². The Morgan fingerprint density at radius 1 is 1.14 bits per heavy atom. The molecule has 29 heavy (non-hydrogen) atoms. The van der Waals surface area contributed by atoms with Crippen molar-refractivity contribution in [1.29, 1.82) is 0 Å². The molecule has 10 heteroatoms. The molecule has 3 aromatic heterocycles. The van der Waals surface area contributed by atoms with Crippen molar-refractivity contribution >= 4 is 17.0 Å². The van der Waals surface area contributed by atoms with Crippen LogP contribution in [0.5, 0.6) is 5.88 Å². The van der Waals surface area contributed by atoms with Gasteiger partial charge in [0, 0.05) is 25.2 Å². The second-order valence-electron chi connectivity index (χ2n) is 7.84. The highest BCUT2D eigenvalue weighted by Gasteiger charge is 2.56. The summed E-state index contributed by atoms with van der Waals surface area (Å²) >= 11 is 0. The highest BCUT2D eigenvalue weighted by Crippen LogP contribution is 2.52. The van der Waals surface area contributed by atoms with E-state index in [9.17, 15) is 8.78 Å². The van der Waals surface area contributed by atoms with Crippen LogP contribution in [0.2, 0.25) is 0 Å². The predicted octanol–water partition coefficient (Wildman–Crippen LogP) is 1.83. The molecule has 1 aliphatic carbocycles. The van der Waals surface area contributed by atoms with Gasteiger partial charge in [-0.15, -0.1) is 0 Å². The number of nitrogens with zero attached hydrogens (tertiary/aromatic N) is 6. The SMILES string of the molecule is Fc1ccnc(OCC2[C@H]3CN(c4cnc5cnn(C6COC6)c5n4)C[C@@H]23)c1F.